The fraction of sp³-hybridized carbons (Fsp3) is 0.750. The lowest BCUT2D eigenvalue weighted by Crippen LogP contribution is -2.14. The predicted molar refractivity (Wildman–Crippen MR) is 99.1 cm³/mol. The Hall–Kier alpha value is -1.25. The molecule has 2 unspecified atom stereocenters. The van der Waals surface area contributed by atoms with Crippen molar-refractivity contribution in [3.05, 3.63) is 23.5 Å². The normalized spacial score (nSPS) is 15.7. The fourth-order valence-electron chi connectivity index (χ4n) is 2.70. The van der Waals surface area contributed by atoms with Gasteiger partial charge in [-0.2, -0.15) is 0 Å². The molecule has 0 aromatic rings. The summed E-state index contributed by atoms with van der Waals surface area (Å²) >= 11 is 0. The van der Waals surface area contributed by atoms with Crippen molar-refractivity contribution < 1.29 is 9.90 Å². The molecular weight excluding hydrogens is 286 g/mol. The minimum atomic E-state index is -0.772. The van der Waals surface area contributed by atoms with Crippen LogP contribution < -0.4 is 5.73 Å². The Bertz CT molecular complexity index is 396. The summed E-state index contributed by atoms with van der Waals surface area (Å²) in [5.41, 5.74) is 5.56. The van der Waals surface area contributed by atoms with Gasteiger partial charge in [0.05, 0.1) is 0 Å². The van der Waals surface area contributed by atoms with E-state index in [2.05, 4.69) is 27.7 Å². The van der Waals surface area contributed by atoms with Gasteiger partial charge in [0, 0.05) is 0 Å². The number of allylic oxidation sites excluding steroid dienone is 3. The molecule has 0 aromatic heterocycles. The number of carbonyl (C=O) groups is 1. The summed E-state index contributed by atoms with van der Waals surface area (Å²) < 4.78 is 0. The smallest absolute Gasteiger partial charge is 0.283 e. The molecule has 0 aliphatic heterocycles. The summed E-state index contributed by atoms with van der Waals surface area (Å²) in [5.74, 6) is 1.16. The number of nitrogens with two attached hydrogens (primary N) is 1. The van der Waals surface area contributed by atoms with Crippen molar-refractivity contribution in [1.29, 1.82) is 0 Å². The third-order valence-electron chi connectivity index (χ3n) is 4.39. The van der Waals surface area contributed by atoms with Crippen LogP contribution in [0.5, 0.6) is 0 Å². The molecule has 0 saturated carbocycles. The van der Waals surface area contributed by atoms with Gasteiger partial charge in [0.1, 0.15) is 0 Å². The third-order valence-corrected chi connectivity index (χ3v) is 4.39. The first-order valence-corrected chi connectivity index (χ1v) is 9.10. The van der Waals surface area contributed by atoms with Gasteiger partial charge in [0.2, 0.25) is 0 Å². The van der Waals surface area contributed by atoms with Crippen LogP contribution in [0.2, 0.25) is 0 Å². The minimum absolute atomic E-state index is 0.343. The van der Waals surface area contributed by atoms with Gasteiger partial charge in [0.25, 0.3) is 5.91 Å². The van der Waals surface area contributed by atoms with E-state index in [0.29, 0.717) is 11.5 Å². The average Bonchev–Trinajstić information content (AvgIpc) is 2.45. The van der Waals surface area contributed by atoms with Crippen LogP contribution in [0.1, 0.15) is 79.6 Å². The van der Waals surface area contributed by atoms with Gasteiger partial charge in [0.15, 0.2) is 5.76 Å². The molecule has 2 atom stereocenters. The summed E-state index contributed by atoms with van der Waals surface area (Å²) in [5, 5.41) is 9.42. The standard InChI is InChI=1S/C20H37NO2/c1-15(2)9-6-10-16(3)11-7-12-17(4)13-8-14-18(5)19(22)20(21)23/h8,14-17,22H,6-7,9-13H2,1-5H3,(H2,21,23). The van der Waals surface area contributed by atoms with Crippen LogP contribution in [0.25, 0.3) is 0 Å². The van der Waals surface area contributed by atoms with Crippen LogP contribution in [0.15, 0.2) is 23.5 Å². The Morgan fingerprint density at radius 1 is 1.00 bits per heavy atom. The summed E-state index contributed by atoms with van der Waals surface area (Å²) in [6, 6.07) is 0. The van der Waals surface area contributed by atoms with E-state index in [1.165, 1.54) is 38.5 Å². The van der Waals surface area contributed by atoms with Gasteiger partial charge < -0.3 is 10.8 Å². The van der Waals surface area contributed by atoms with Crippen molar-refractivity contribution in [2.45, 2.75) is 79.6 Å². The van der Waals surface area contributed by atoms with Crippen molar-refractivity contribution in [2.24, 2.45) is 23.5 Å². The summed E-state index contributed by atoms with van der Waals surface area (Å²) in [6.07, 6.45) is 12.6. The summed E-state index contributed by atoms with van der Waals surface area (Å²) in [6.45, 7) is 10.9. The molecule has 0 aliphatic rings. The maximum atomic E-state index is 10.8. The van der Waals surface area contributed by atoms with E-state index in [-0.39, 0.29) is 5.76 Å². The molecule has 0 aliphatic carbocycles. The molecule has 0 bridgehead atoms. The highest BCUT2D eigenvalue weighted by atomic mass is 16.3. The lowest BCUT2D eigenvalue weighted by atomic mass is 9.92. The second kappa shape index (κ2) is 12.2. The number of amides is 1. The highest BCUT2D eigenvalue weighted by Gasteiger charge is 2.06. The predicted octanol–water partition coefficient (Wildman–Crippen LogP) is 5.52. The summed E-state index contributed by atoms with van der Waals surface area (Å²) in [4.78, 5) is 10.8. The molecule has 0 heterocycles. The first kappa shape index (κ1) is 21.8. The Kier molecular flexibility index (Phi) is 11.5. The molecule has 3 heteroatoms. The molecule has 0 saturated heterocycles. The Morgan fingerprint density at radius 2 is 1.52 bits per heavy atom. The maximum Gasteiger partial charge on any atom is 0.283 e. The lowest BCUT2D eigenvalue weighted by Gasteiger charge is -2.14. The van der Waals surface area contributed by atoms with Crippen LogP contribution in [0.4, 0.5) is 0 Å². The van der Waals surface area contributed by atoms with Crippen molar-refractivity contribution >= 4 is 5.91 Å². The molecule has 3 N–H and O–H groups in total. The Morgan fingerprint density at radius 3 is 2.04 bits per heavy atom. The van der Waals surface area contributed by atoms with E-state index in [4.69, 9.17) is 5.73 Å². The zero-order chi connectivity index (χ0) is 17.8. The number of aliphatic hydroxyl groups is 1. The molecule has 0 radical (unpaired) electrons. The fourth-order valence-corrected chi connectivity index (χ4v) is 2.70. The van der Waals surface area contributed by atoms with Crippen LogP contribution >= 0.6 is 0 Å². The largest absolute Gasteiger partial charge is 0.503 e. The van der Waals surface area contributed by atoms with Crippen LogP contribution in [-0.4, -0.2) is 11.0 Å². The van der Waals surface area contributed by atoms with Crippen molar-refractivity contribution in [2.75, 3.05) is 0 Å². The van der Waals surface area contributed by atoms with E-state index in [0.717, 1.165) is 18.3 Å². The number of hydrogen-bond acceptors (Lipinski definition) is 2. The molecule has 0 rings (SSSR count). The van der Waals surface area contributed by atoms with Gasteiger partial charge >= 0.3 is 0 Å². The maximum absolute atomic E-state index is 10.8. The van der Waals surface area contributed by atoms with Gasteiger partial charge in [-0.1, -0.05) is 78.4 Å². The first-order valence-electron chi connectivity index (χ1n) is 9.10. The van der Waals surface area contributed by atoms with Crippen molar-refractivity contribution in [3.8, 4) is 0 Å². The number of rotatable bonds is 12. The van der Waals surface area contributed by atoms with Gasteiger partial charge in [-0.05, 0) is 36.7 Å². The zero-order valence-electron chi connectivity index (χ0n) is 15.8. The zero-order valence-corrected chi connectivity index (χ0v) is 15.8. The SMILES string of the molecule is CC(C=CCC(C)CCCC(C)CCCC(C)C)=C(O)C(N)=O. The van der Waals surface area contributed by atoms with Gasteiger partial charge in [-0.15, -0.1) is 0 Å². The first-order chi connectivity index (χ1) is 10.7. The topological polar surface area (TPSA) is 63.3 Å². The monoisotopic (exact) mass is 323 g/mol. The molecule has 0 aromatic carbocycles. The summed E-state index contributed by atoms with van der Waals surface area (Å²) in [7, 11) is 0. The average molecular weight is 324 g/mol. The quantitative estimate of drug-likeness (QED) is 0.282. The third kappa shape index (κ3) is 11.9. The minimum Gasteiger partial charge on any atom is -0.503 e. The molecular formula is C20H37NO2. The highest BCUT2D eigenvalue weighted by molar-refractivity contribution is 5.90. The molecule has 0 fully saturated rings. The van der Waals surface area contributed by atoms with Gasteiger partial charge in [-0.25, -0.2) is 0 Å². The molecule has 134 valence electrons. The van der Waals surface area contributed by atoms with Crippen molar-refractivity contribution in [1.82, 2.24) is 0 Å². The van der Waals surface area contributed by atoms with E-state index in [1.807, 2.05) is 6.08 Å². The van der Waals surface area contributed by atoms with Gasteiger partial charge in [-0.3, -0.25) is 4.79 Å². The van der Waals surface area contributed by atoms with E-state index in [9.17, 15) is 9.90 Å². The highest BCUT2D eigenvalue weighted by Crippen LogP contribution is 2.20. The Labute approximate surface area is 143 Å². The second-order valence-corrected chi connectivity index (χ2v) is 7.50. The van der Waals surface area contributed by atoms with E-state index in [1.54, 1.807) is 13.0 Å². The number of primary amides is 1. The van der Waals surface area contributed by atoms with Crippen LogP contribution in [-0.2, 0) is 4.79 Å². The van der Waals surface area contributed by atoms with E-state index < -0.39 is 5.91 Å². The van der Waals surface area contributed by atoms with E-state index >= 15 is 0 Å². The van der Waals surface area contributed by atoms with Crippen molar-refractivity contribution in [3.63, 3.8) is 0 Å². The molecule has 23 heavy (non-hydrogen) atoms. The second-order valence-electron chi connectivity index (χ2n) is 7.50. The van der Waals surface area contributed by atoms with Crippen LogP contribution in [0, 0.1) is 17.8 Å². The number of aliphatic hydroxyl groups excluding tert-OH is 1. The lowest BCUT2D eigenvalue weighted by molar-refractivity contribution is -0.117. The molecule has 1 amide bonds. The van der Waals surface area contributed by atoms with Crippen LogP contribution in [0.3, 0.4) is 0 Å². The Balaban J connectivity index is 3.89. The number of carbonyl (C=O) groups excluding carboxylic acids is 1. The number of hydrogen-bond donors (Lipinski definition) is 2. The molecule has 3 nitrogen and oxygen atoms in total. The molecule has 0 spiro atoms.